The van der Waals surface area contributed by atoms with Gasteiger partial charge in [-0.2, -0.15) is 0 Å². The second-order valence-electron chi connectivity index (χ2n) is 3.68. The van der Waals surface area contributed by atoms with Crippen molar-refractivity contribution >= 4 is 11.7 Å². The van der Waals surface area contributed by atoms with Crippen molar-refractivity contribution in [3.8, 4) is 0 Å². The number of aryl methyl sites for hydroxylation is 1. The third-order valence-electron chi connectivity index (χ3n) is 2.18. The van der Waals surface area contributed by atoms with Crippen LogP contribution in [0.5, 0.6) is 0 Å². The number of aliphatic hydroxyl groups is 1. The Labute approximate surface area is 95.7 Å². The third-order valence-corrected chi connectivity index (χ3v) is 2.18. The van der Waals surface area contributed by atoms with Gasteiger partial charge in [0.2, 0.25) is 0 Å². The van der Waals surface area contributed by atoms with Gasteiger partial charge in [-0.15, -0.1) is 0 Å². The Hall–Kier alpha value is -1.55. The number of benzene rings is 1. The molecule has 88 valence electrons. The molecule has 0 aromatic heterocycles. The zero-order valence-electron chi connectivity index (χ0n) is 9.49. The second kappa shape index (κ2) is 6.85. The number of nitrogens with one attached hydrogen (secondary N) is 2. The minimum atomic E-state index is -0.207. The van der Waals surface area contributed by atoms with Crippen LogP contribution in [0.2, 0.25) is 0 Å². The molecule has 0 heterocycles. The summed E-state index contributed by atoms with van der Waals surface area (Å²) in [6, 6.07) is 7.41. The highest BCUT2D eigenvalue weighted by atomic mass is 16.3. The van der Waals surface area contributed by atoms with Gasteiger partial charge in [0, 0.05) is 18.8 Å². The van der Waals surface area contributed by atoms with Crippen LogP contribution in [-0.4, -0.2) is 24.3 Å². The first kappa shape index (κ1) is 12.5. The maximum atomic E-state index is 11.4. The van der Waals surface area contributed by atoms with Gasteiger partial charge in [-0.25, -0.2) is 4.79 Å². The number of rotatable bonds is 5. The third kappa shape index (κ3) is 4.79. The van der Waals surface area contributed by atoms with E-state index in [1.807, 2.05) is 31.2 Å². The summed E-state index contributed by atoms with van der Waals surface area (Å²) in [5.74, 6) is 0. The van der Waals surface area contributed by atoms with Crippen molar-refractivity contribution in [2.24, 2.45) is 0 Å². The van der Waals surface area contributed by atoms with E-state index >= 15 is 0 Å². The summed E-state index contributed by atoms with van der Waals surface area (Å²) in [6.45, 7) is 2.75. The Morgan fingerprint density at radius 3 is 2.56 bits per heavy atom. The summed E-state index contributed by atoms with van der Waals surface area (Å²) in [4.78, 5) is 11.4. The van der Waals surface area contributed by atoms with Crippen molar-refractivity contribution in [1.29, 1.82) is 0 Å². The summed E-state index contributed by atoms with van der Waals surface area (Å²) in [6.07, 6.45) is 1.50. The molecule has 0 radical (unpaired) electrons. The first-order valence-electron chi connectivity index (χ1n) is 5.45. The van der Waals surface area contributed by atoms with Gasteiger partial charge in [-0.05, 0) is 31.9 Å². The van der Waals surface area contributed by atoms with E-state index < -0.39 is 0 Å². The van der Waals surface area contributed by atoms with Crippen LogP contribution in [0.1, 0.15) is 18.4 Å². The largest absolute Gasteiger partial charge is 0.396 e. The van der Waals surface area contributed by atoms with Gasteiger partial charge in [-0.3, -0.25) is 0 Å². The maximum absolute atomic E-state index is 11.4. The van der Waals surface area contributed by atoms with Gasteiger partial charge in [0.25, 0.3) is 0 Å². The van der Waals surface area contributed by atoms with Gasteiger partial charge in [-0.1, -0.05) is 17.7 Å². The lowest BCUT2D eigenvalue weighted by Crippen LogP contribution is -2.29. The monoisotopic (exact) mass is 222 g/mol. The van der Waals surface area contributed by atoms with Crippen LogP contribution in [0, 0.1) is 6.92 Å². The molecule has 0 aliphatic heterocycles. The Balaban J connectivity index is 2.26. The number of unbranched alkanes of at least 4 members (excludes halogenated alkanes) is 1. The average molecular weight is 222 g/mol. The molecule has 1 aromatic carbocycles. The quantitative estimate of drug-likeness (QED) is 0.666. The molecule has 0 aliphatic carbocycles. The van der Waals surface area contributed by atoms with Crippen molar-refractivity contribution in [2.45, 2.75) is 19.8 Å². The molecule has 0 bridgehead atoms. The van der Waals surface area contributed by atoms with E-state index in [9.17, 15) is 4.79 Å². The van der Waals surface area contributed by atoms with Crippen LogP contribution in [0.25, 0.3) is 0 Å². The summed E-state index contributed by atoms with van der Waals surface area (Å²) in [5, 5.41) is 14.0. The number of hydrogen-bond donors (Lipinski definition) is 3. The summed E-state index contributed by atoms with van der Waals surface area (Å²) in [7, 11) is 0. The molecule has 0 aliphatic rings. The molecule has 1 aromatic rings. The molecule has 2 amide bonds. The summed E-state index contributed by atoms with van der Waals surface area (Å²) < 4.78 is 0. The molecule has 1 rings (SSSR count). The van der Waals surface area contributed by atoms with Crippen LogP contribution in [0.4, 0.5) is 10.5 Å². The van der Waals surface area contributed by atoms with Crippen molar-refractivity contribution in [3.05, 3.63) is 29.8 Å². The molecule has 0 spiro atoms. The molecule has 0 unspecified atom stereocenters. The lowest BCUT2D eigenvalue weighted by Gasteiger charge is -2.07. The number of carbonyl (C=O) groups is 1. The highest BCUT2D eigenvalue weighted by Gasteiger charge is 1.99. The predicted octanol–water partition coefficient (Wildman–Crippen LogP) is 1.89. The Morgan fingerprint density at radius 1 is 1.25 bits per heavy atom. The van der Waals surface area contributed by atoms with Gasteiger partial charge in [0.05, 0.1) is 0 Å². The molecule has 4 nitrogen and oxygen atoms in total. The van der Waals surface area contributed by atoms with Gasteiger partial charge in [0.15, 0.2) is 0 Å². The van der Waals surface area contributed by atoms with E-state index in [0.29, 0.717) is 13.0 Å². The zero-order valence-corrected chi connectivity index (χ0v) is 9.49. The molecule has 16 heavy (non-hydrogen) atoms. The van der Waals surface area contributed by atoms with Crippen LogP contribution < -0.4 is 10.6 Å². The smallest absolute Gasteiger partial charge is 0.319 e. The minimum Gasteiger partial charge on any atom is -0.396 e. The fraction of sp³-hybridized carbons (Fsp3) is 0.417. The molecule has 3 N–H and O–H groups in total. The molecular weight excluding hydrogens is 204 g/mol. The SMILES string of the molecule is Cc1ccc(NC(=O)NCCCCO)cc1. The van der Waals surface area contributed by atoms with E-state index in [4.69, 9.17) is 5.11 Å². The Bertz CT molecular complexity index is 322. The van der Waals surface area contributed by atoms with Crippen molar-refractivity contribution in [2.75, 3.05) is 18.5 Å². The second-order valence-corrected chi connectivity index (χ2v) is 3.68. The fourth-order valence-electron chi connectivity index (χ4n) is 1.25. The van der Waals surface area contributed by atoms with Gasteiger partial charge >= 0.3 is 6.03 Å². The number of carbonyl (C=O) groups excluding carboxylic acids is 1. The number of anilines is 1. The molecule has 4 heteroatoms. The lowest BCUT2D eigenvalue weighted by molar-refractivity contribution is 0.250. The van der Waals surface area contributed by atoms with Crippen LogP contribution in [0.3, 0.4) is 0 Å². The summed E-state index contributed by atoms with van der Waals surface area (Å²) >= 11 is 0. The lowest BCUT2D eigenvalue weighted by atomic mass is 10.2. The number of urea groups is 1. The van der Waals surface area contributed by atoms with E-state index in [0.717, 1.165) is 17.7 Å². The van der Waals surface area contributed by atoms with E-state index in [2.05, 4.69) is 10.6 Å². The van der Waals surface area contributed by atoms with Crippen LogP contribution >= 0.6 is 0 Å². The fourth-order valence-corrected chi connectivity index (χ4v) is 1.25. The van der Waals surface area contributed by atoms with Crippen LogP contribution in [0.15, 0.2) is 24.3 Å². The molecule has 0 atom stereocenters. The Kier molecular flexibility index (Phi) is 5.36. The van der Waals surface area contributed by atoms with Crippen molar-refractivity contribution in [1.82, 2.24) is 5.32 Å². The van der Waals surface area contributed by atoms with E-state index in [1.165, 1.54) is 0 Å². The predicted molar refractivity (Wildman–Crippen MR) is 64.5 cm³/mol. The number of amides is 2. The molecule has 0 saturated heterocycles. The maximum Gasteiger partial charge on any atom is 0.319 e. The average Bonchev–Trinajstić information content (AvgIpc) is 2.28. The standard InChI is InChI=1S/C12H18N2O2/c1-10-4-6-11(7-5-10)14-12(16)13-8-2-3-9-15/h4-7,15H,2-3,8-9H2,1H3,(H2,13,14,16). The first-order valence-corrected chi connectivity index (χ1v) is 5.45. The topological polar surface area (TPSA) is 61.4 Å². The minimum absolute atomic E-state index is 0.168. The molecule has 0 saturated carbocycles. The Morgan fingerprint density at radius 2 is 1.94 bits per heavy atom. The van der Waals surface area contributed by atoms with E-state index in [-0.39, 0.29) is 12.6 Å². The van der Waals surface area contributed by atoms with E-state index in [1.54, 1.807) is 0 Å². The number of hydrogen-bond acceptors (Lipinski definition) is 2. The van der Waals surface area contributed by atoms with Gasteiger partial charge in [0.1, 0.15) is 0 Å². The normalized spacial score (nSPS) is 9.88. The van der Waals surface area contributed by atoms with Gasteiger partial charge < -0.3 is 15.7 Å². The highest BCUT2D eigenvalue weighted by molar-refractivity contribution is 5.89. The van der Waals surface area contributed by atoms with Crippen molar-refractivity contribution in [3.63, 3.8) is 0 Å². The highest BCUT2D eigenvalue weighted by Crippen LogP contribution is 2.07. The first-order chi connectivity index (χ1) is 7.72. The summed E-state index contributed by atoms with van der Waals surface area (Å²) in [5.41, 5.74) is 1.94. The van der Waals surface area contributed by atoms with Crippen molar-refractivity contribution < 1.29 is 9.90 Å². The number of aliphatic hydroxyl groups excluding tert-OH is 1. The molecule has 0 fully saturated rings. The molecular formula is C12H18N2O2. The zero-order chi connectivity index (χ0) is 11.8. The van der Waals surface area contributed by atoms with Crippen LogP contribution in [-0.2, 0) is 0 Å².